The van der Waals surface area contributed by atoms with Crippen LogP contribution in [0.4, 0.5) is 0 Å². The highest BCUT2D eigenvalue weighted by Gasteiger charge is 2.21. The number of rotatable bonds is 6. The average molecular weight is 237 g/mol. The van der Waals surface area contributed by atoms with Gasteiger partial charge in [-0.15, -0.1) is 0 Å². The number of ether oxygens (including phenoxy) is 2. The van der Waals surface area contributed by atoms with Crippen LogP contribution >= 0.6 is 0 Å². The number of aryl methyl sites for hydroxylation is 2. The van der Waals surface area contributed by atoms with Gasteiger partial charge >= 0.3 is 0 Å². The Morgan fingerprint density at radius 2 is 1.71 bits per heavy atom. The molecule has 0 aliphatic heterocycles. The highest BCUT2D eigenvalue weighted by molar-refractivity contribution is 5.33. The molecule has 1 aromatic carbocycles. The van der Waals surface area contributed by atoms with Gasteiger partial charge in [0.1, 0.15) is 0 Å². The van der Waals surface area contributed by atoms with Crippen molar-refractivity contribution in [2.45, 2.75) is 40.0 Å². The quantitative estimate of drug-likeness (QED) is 0.774. The lowest BCUT2D eigenvalue weighted by atomic mass is 9.99. The van der Waals surface area contributed by atoms with Gasteiger partial charge in [-0.25, -0.2) is 0 Å². The molecule has 3 heteroatoms. The molecule has 2 N–H and O–H groups in total. The van der Waals surface area contributed by atoms with Crippen LogP contribution in [-0.4, -0.2) is 19.5 Å². The highest BCUT2D eigenvalue weighted by Crippen LogP contribution is 2.22. The summed E-state index contributed by atoms with van der Waals surface area (Å²) in [7, 11) is 0. The van der Waals surface area contributed by atoms with Crippen LogP contribution in [0.3, 0.4) is 0 Å². The van der Waals surface area contributed by atoms with Gasteiger partial charge in [0.15, 0.2) is 6.29 Å². The van der Waals surface area contributed by atoms with Crippen LogP contribution in [0.5, 0.6) is 0 Å². The van der Waals surface area contributed by atoms with E-state index in [1.54, 1.807) is 0 Å². The molecule has 0 spiro atoms. The Morgan fingerprint density at radius 3 is 2.24 bits per heavy atom. The van der Waals surface area contributed by atoms with Gasteiger partial charge in [-0.2, -0.15) is 0 Å². The fourth-order valence-electron chi connectivity index (χ4n) is 1.85. The van der Waals surface area contributed by atoms with Gasteiger partial charge in [0.2, 0.25) is 0 Å². The third kappa shape index (κ3) is 3.80. The first-order valence-corrected chi connectivity index (χ1v) is 6.16. The first-order valence-electron chi connectivity index (χ1n) is 6.16. The molecule has 1 atom stereocenters. The normalized spacial score (nSPS) is 13.1. The maximum atomic E-state index is 6.23. The number of hydrogen-bond acceptors (Lipinski definition) is 3. The Hall–Kier alpha value is -0.900. The van der Waals surface area contributed by atoms with Crippen molar-refractivity contribution < 1.29 is 9.47 Å². The SMILES string of the molecule is CCOC(OCC)C(N)c1cc(C)ccc1C. The van der Waals surface area contributed by atoms with Gasteiger partial charge in [0, 0.05) is 13.2 Å². The molecule has 0 fully saturated rings. The maximum absolute atomic E-state index is 6.23. The van der Waals surface area contributed by atoms with E-state index in [1.165, 1.54) is 11.1 Å². The van der Waals surface area contributed by atoms with E-state index in [-0.39, 0.29) is 12.3 Å². The van der Waals surface area contributed by atoms with E-state index < -0.39 is 0 Å². The van der Waals surface area contributed by atoms with E-state index in [0.29, 0.717) is 13.2 Å². The van der Waals surface area contributed by atoms with Gasteiger partial charge in [0.25, 0.3) is 0 Å². The molecule has 1 aromatic rings. The summed E-state index contributed by atoms with van der Waals surface area (Å²) in [5.74, 6) is 0. The second-order valence-electron chi connectivity index (χ2n) is 4.16. The van der Waals surface area contributed by atoms with E-state index in [2.05, 4.69) is 32.0 Å². The zero-order valence-electron chi connectivity index (χ0n) is 11.2. The average Bonchev–Trinajstić information content (AvgIpc) is 2.31. The van der Waals surface area contributed by atoms with Gasteiger partial charge in [-0.1, -0.05) is 23.8 Å². The van der Waals surface area contributed by atoms with Crippen molar-refractivity contribution >= 4 is 0 Å². The summed E-state index contributed by atoms with van der Waals surface area (Å²) in [5, 5.41) is 0. The maximum Gasteiger partial charge on any atom is 0.176 e. The molecule has 0 saturated carbocycles. The molecule has 17 heavy (non-hydrogen) atoms. The molecular weight excluding hydrogens is 214 g/mol. The second-order valence-corrected chi connectivity index (χ2v) is 4.16. The number of nitrogens with two attached hydrogens (primary N) is 1. The van der Waals surface area contributed by atoms with Crippen molar-refractivity contribution in [2.75, 3.05) is 13.2 Å². The van der Waals surface area contributed by atoms with Crippen LogP contribution in [0.15, 0.2) is 18.2 Å². The van der Waals surface area contributed by atoms with Crippen LogP contribution in [0.25, 0.3) is 0 Å². The largest absolute Gasteiger partial charge is 0.351 e. The van der Waals surface area contributed by atoms with Crippen molar-refractivity contribution in [1.29, 1.82) is 0 Å². The van der Waals surface area contributed by atoms with Crippen molar-refractivity contribution in [3.8, 4) is 0 Å². The molecule has 0 radical (unpaired) electrons. The lowest BCUT2D eigenvalue weighted by Gasteiger charge is -2.25. The minimum Gasteiger partial charge on any atom is -0.351 e. The minimum atomic E-state index is -0.370. The monoisotopic (exact) mass is 237 g/mol. The highest BCUT2D eigenvalue weighted by atomic mass is 16.7. The fraction of sp³-hybridized carbons (Fsp3) is 0.571. The Morgan fingerprint density at radius 1 is 1.12 bits per heavy atom. The summed E-state index contributed by atoms with van der Waals surface area (Å²) in [6.07, 6.45) is -0.370. The zero-order chi connectivity index (χ0) is 12.8. The summed E-state index contributed by atoms with van der Waals surface area (Å²) < 4.78 is 11.1. The molecule has 1 unspecified atom stereocenters. The van der Waals surface area contributed by atoms with Crippen LogP contribution in [0, 0.1) is 13.8 Å². The summed E-state index contributed by atoms with van der Waals surface area (Å²) in [5.41, 5.74) is 9.70. The van der Waals surface area contributed by atoms with Gasteiger partial charge in [-0.05, 0) is 38.8 Å². The molecule has 0 aliphatic carbocycles. The minimum absolute atomic E-state index is 0.241. The molecule has 96 valence electrons. The van der Waals surface area contributed by atoms with Gasteiger partial charge < -0.3 is 15.2 Å². The molecule has 0 aliphatic rings. The summed E-state index contributed by atoms with van der Waals surface area (Å²) in [6.45, 7) is 9.21. The fourth-order valence-corrected chi connectivity index (χ4v) is 1.85. The standard InChI is InChI=1S/C14H23NO2/c1-5-16-14(17-6-2)13(15)12-9-10(3)7-8-11(12)4/h7-9,13-14H,5-6,15H2,1-4H3. The zero-order valence-corrected chi connectivity index (χ0v) is 11.2. The third-order valence-corrected chi connectivity index (χ3v) is 2.75. The van der Waals surface area contributed by atoms with E-state index in [9.17, 15) is 0 Å². The molecule has 0 amide bonds. The lowest BCUT2D eigenvalue weighted by Crippen LogP contribution is -2.32. The topological polar surface area (TPSA) is 44.5 Å². The molecule has 0 bridgehead atoms. The van der Waals surface area contributed by atoms with Crippen molar-refractivity contribution in [1.82, 2.24) is 0 Å². The molecule has 0 saturated heterocycles. The molecular formula is C14H23NO2. The van der Waals surface area contributed by atoms with Gasteiger partial charge in [0.05, 0.1) is 6.04 Å². The van der Waals surface area contributed by atoms with Crippen LogP contribution < -0.4 is 5.73 Å². The molecule has 0 heterocycles. The van der Waals surface area contributed by atoms with E-state index in [4.69, 9.17) is 15.2 Å². The smallest absolute Gasteiger partial charge is 0.176 e. The van der Waals surface area contributed by atoms with E-state index in [1.807, 2.05) is 13.8 Å². The second kappa shape index (κ2) is 6.74. The van der Waals surface area contributed by atoms with E-state index >= 15 is 0 Å². The molecule has 3 nitrogen and oxygen atoms in total. The summed E-state index contributed by atoms with van der Waals surface area (Å²) in [4.78, 5) is 0. The Labute approximate surface area is 104 Å². The lowest BCUT2D eigenvalue weighted by molar-refractivity contribution is -0.149. The van der Waals surface area contributed by atoms with Crippen LogP contribution in [0.1, 0.15) is 36.6 Å². The van der Waals surface area contributed by atoms with Gasteiger partial charge in [-0.3, -0.25) is 0 Å². The van der Waals surface area contributed by atoms with Crippen molar-refractivity contribution in [3.05, 3.63) is 34.9 Å². The molecule has 0 aromatic heterocycles. The van der Waals surface area contributed by atoms with Crippen LogP contribution in [0.2, 0.25) is 0 Å². The summed E-state index contributed by atoms with van der Waals surface area (Å²) in [6, 6.07) is 6.03. The summed E-state index contributed by atoms with van der Waals surface area (Å²) >= 11 is 0. The van der Waals surface area contributed by atoms with Crippen molar-refractivity contribution in [3.63, 3.8) is 0 Å². The van der Waals surface area contributed by atoms with Crippen molar-refractivity contribution in [2.24, 2.45) is 5.73 Å². The van der Waals surface area contributed by atoms with Crippen LogP contribution in [-0.2, 0) is 9.47 Å². The number of hydrogen-bond donors (Lipinski definition) is 1. The third-order valence-electron chi connectivity index (χ3n) is 2.75. The number of benzene rings is 1. The Kier molecular flexibility index (Phi) is 5.62. The Bertz CT molecular complexity index is 346. The first-order chi connectivity index (χ1) is 8.10. The predicted molar refractivity (Wildman–Crippen MR) is 69.9 cm³/mol. The predicted octanol–water partition coefficient (Wildman–Crippen LogP) is 2.70. The first kappa shape index (κ1) is 14.2. The molecule has 1 rings (SSSR count). The van der Waals surface area contributed by atoms with E-state index in [0.717, 1.165) is 5.56 Å². The Balaban J connectivity index is 2.91.